The summed E-state index contributed by atoms with van der Waals surface area (Å²) in [6.07, 6.45) is 0.824. The molecular weight excluding hydrogens is 328 g/mol. The number of hydrogen-bond donors (Lipinski definition) is 2. The lowest BCUT2D eigenvalue weighted by Gasteiger charge is -2.30. The molecule has 2 aliphatic rings. The predicted molar refractivity (Wildman–Crippen MR) is 68.2 cm³/mol. The first kappa shape index (κ1) is 15.8. The minimum absolute atomic E-state index is 0.157. The third-order valence-electron chi connectivity index (χ3n) is 3.51. The second-order valence-corrected chi connectivity index (χ2v) is 5.12. The van der Waals surface area contributed by atoms with Crippen molar-refractivity contribution in [2.24, 2.45) is 0 Å². The minimum atomic E-state index is -2.20. The average molecular weight is 340 g/mol. The van der Waals surface area contributed by atoms with Crippen LogP contribution in [0.15, 0.2) is 6.33 Å². The van der Waals surface area contributed by atoms with Gasteiger partial charge in [-0.1, -0.05) is 0 Å². The van der Waals surface area contributed by atoms with Crippen LogP contribution < -0.4 is 5.32 Å². The van der Waals surface area contributed by atoms with Gasteiger partial charge in [0.1, 0.15) is 25.5 Å². The molecule has 0 spiro atoms. The molecule has 2 atom stereocenters. The quantitative estimate of drug-likeness (QED) is 0.529. The molecule has 2 saturated heterocycles. The smallest absolute Gasteiger partial charge is 0.372 e. The standard InChI is InChI=1S/C11H12N6O7/c18-7(3-16-5-12-14-15-16)13-6-4-23-17(9(6)20)11(10(21)22)2-1-8(19)24-11/h5-6H,1-4H2,(H,13,18)(H,21,22)/t6-,11?/m0/s1. The van der Waals surface area contributed by atoms with Crippen LogP contribution >= 0.6 is 0 Å². The van der Waals surface area contributed by atoms with E-state index in [2.05, 4.69) is 20.8 Å². The van der Waals surface area contributed by atoms with E-state index in [0.717, 1.165) is 4.68 Å². The van der Waals surface area contributed by atoms with E-state index in [0.29, 0.717) is 5.06 Å². The van der Waals surface area contributed by atoms with Gasteiger partial charge in [-0.3, -0.25) is 19.2 Å². The first-order chi connectivity index (χ1) is 11.4. The van der Waals surface area contributed by atoms with Gasteiger partial charge in [-0.2, -0.15) is 5.06 Å². The van der Waals surface area contributed by atoms with Gasteiger partial charge < -0.3 is 15.2 Å². The van der Waals surface area contributed by atoms with Crippen molar-refractivity contribution in [3.8, 4) is 0 Å². The Hall–Kier alpha value is -3.09. The summed E-state index contributed by atoms with van der Waals surface area (Å²) in [5.74, 6) is -3.67. The van der Waals surface area contributed by atoms with Crippen molar-refractivity contribution in [3.05, 3.63) is 6.33 Å². The van der Waals surface area contributed by atoms with E-state index in [1.54, 1.807) is 0 Å². The number of tetrazole rings is 1. The number of nitrogens with zero attached hydrogens (tertiary/aromatic N) is 5. The van der Waals surface area contributed by atoms with Crippen molar-refractivity contribution in [2.75, 3.05) is 6.61 Å². The maximum absolute atomic E-state index is 12.3. The van der Waals surface area contributed by atoms with Gasteiger partial charge in [-0.25, -0.2) is 9.48 Å². The summed E-state index contributed by atoms with van der Waals surface area (Å²) in [4.78, 5) is 52.0. The number of aromatic nitrogens is 4. The minimum Gasteiger partial charge on any atom is -0.477 e. The molecule has 24 heavy (non-hydrogen) atoms. The Kier molecular flexibility index (Phi) is 3.84. The summed E-state index contributed by atoms with van der Waals surface area (Å²) >= 11 is 0. The normalized spacial score (nSPS) is 26.5. The fraction of sp³-hybridized carbons (Fsp3) is 0.545. The molecule has 0 aromatic carbocycles. The highest BCUT2D eigenvalue weighted by Gasteiger charge is 2.59. The van der Waals surface area contributed by atoms with Crippen LogP contribution in [-0.2, 0) is 35.3 Å². The Morgan fingerprint density at radius 3 is 2.83 bits per heavy atom. The zero-order valence-corrected chi connectivity index (χ0v) is 12.1. The lowest BCUT2D eigenvalue weighted by Crippen LogP contribution is -2.56. The molecule has 0 bridgehead atoms. The highest BCUT2D eigenvalue weighted by atomic mass is 16.7. The molecule has 0 saturated carbocycles. The average Bonchev–Trinajstić information content (AvgIpc) is 3.22. The van der Waals surface area contributed by atoms with E-state index in [1.807, 2.05) is 0 Å². The number of ether oxygens (including phenoxy) is 1. The molecule has 128 valence electrons. The Balaban J connectivity index is 1.67. The molecule has 1 aromatic rings. The third-order valence-corrected chi connectivity index (χ3v) is 3.51. The molecule has 1 aromatic heterocycles. The largest absolute Gasteiger partial charge is 0.477 e. The lowest BCUT2D eigenvalue weighted by molar-refractivity contribution is -0.256. The Labute approximate surface area is 133 Å². The first-order valence-electron chi connectivity index (χ1n) is 6.85. The van der Waals surface area contributed by atoms with Crippen LogP contribution in [0.4, 0.5) is 0 Å². The molecule has 3 rings (SSSR count). The second-order valence-electron chi connectivity index (χ2n) is 5.12. The van der Waals surface area contributed by atoms with Crippen molar-refractivity contribution in [1.82, 2.24) is 30.6 Å². The van der Waals surface area contributed by atoms with Crippen molar-refractivity contribution in [2.45, 2.75) is 31.2 Å². The molecule has 3 heterocycles. The van der Waals surface area contributed by atoms with E-state index in [1.165, 1.54) is 6.33 Å². The van der Waals surface area contributed by atoms with Crippen molar-refractivity contribution in [1.29, 1.82) is 0 Å². The number of hydrogen-bond acceptors (Lipinski definition) is 9. The monoisotopic (exact) mass is 340 g/mol. The summed E-state index contributed by atoms with van der Waals surface area (Å²) in [6.45, 7) is -0.511. The molecule has 2 N–H and O–H groups in total. The topological polar surface area (TPSA) is 166 Å². The van der Waals surface area contributed by atoms with E-state index in [4.69, 9.17) is 9.57 Å². The molecular formula is C11H12N6O7. The van der Waals surface area contributed by atoms with E-state index < -0.39 is 35.5 Å². The SMILES string of the molecule is O=C(Cn1cnnn1)N[C@H]1CON(C2(C(=O)O)CCC(=O)O2)C1=O. The van der Waals surface area contributed by atoms with Gasteiger partial charge in [-0.05, 0) is 10.4 Å². The Bertz CT molecular complexity index is 691. The van der Waals surface area contributed by atoms with Crippen molar-refractivity contribution >= 4 is 23.8 Å². The zero-order valence-electron chi connectivity index (χ0n) is 12.1. The highest BCUT2D eigenvalue weighted by molar-refractivity contribution is 5.94. The number of carbonyl (C=O) groups is 4. The molecule has 13 heteroatoms. The number of amides is 2. The van der Waals surface area contributed by atoms with Gasteiger partial charge in [0.2, 0.25) is 5.91 Å². The van der Waals surface area contributed by atoms with Gasteiger partial charge in [-0.15, -0.1) is 5.10 Å². The number of carboxylic acids is 1. The maximum Gasteiger partial charge on any atom is 0.372 e. The summed E-state index contributed by atoms with van der Waals surface area (Å²) in [5, 5.41) is 22.4. The van der Waals surface area contributed by atoms with Gasteiger partial charge >= 0.3 is 17.7 Å². The van der Waals surface area contributed by atoms with Gasteiger partial charge in [0, 0.05) is 6.42 Å². The number of rotatable bonds is 5. The van der Waals surface area contributed by atoms with Crippen molar-refractivity contribution in [3.63, 3.8) is 0 Å². The number of esters is 1. The van der Waals surface area contributed by atoms with Crippen LogP contribution in [0.1, 0.15) is 12.8 Å². The van der Waals surface area contributed by atoms with E-state index in [-0.39, 0.29) is 26.0 Å². The Morgan fingerprint density at radius 2 is 2.25 bits per heavy atom. The molecule has 0 aliphatic carbocycles. The van der Waals surface area contributed by atoms with Crippen LogP contribution in [0, 0.1) is 0 Å². The predicted octanol–water partition coefficient (Wildman–Crippen LogP) is -2.95. The number of carboxylic acid groups (broad SMARTS) is 1. The number of aliphatic carboxylic acids is 1. The summed E-state index contributed by atoms with van der Waals surface area (Å²) in [5.41, 5.74) is -2.20. The molecule has 2 aliphatic heterocycles. The summed E-state index contributed by atoms with van der Waals surface area (Å²) in [7, 11) is 0. The third kappa shape index (κ3) is 2.64. The first-order valence-corrected chi connectivity index (χ1v) is 6.85. The number of nitrogens with one attached hydrogen (secondary N) is 1. The number of hydroxylamine groups is 2. The molecule has 2 amide bonds. The molecule has 2 fully saturated rings. The van der Waals surface area contributed by atoms with Crippen LogP contribution in [-0.4, -0.2) is 72.5 Å². The maximum atomic E-state index is 12.3. The molecule has 13 nitrogen and oxygen atoms in total. The second kappa shape index (κ2) is 5.84. The molecule has 0 radical (unpaired) electrons. The van der Waals surface area contributed by atoms with Gasteiger partial charge in [0.05, 0.1) is 6.42 Å². The van der Waals surface area contributed by atoms with Crippen LogP contribution in [0.3, 0.4) is 0 Å². The fourth-order valence-electron chi connectivity index (χ4n) is 2.39. The van der Waals surface area contributed by atoms with Crippen molar-refractivity contribution < 1.29 is 33.9 Å². The van der Waals surface area contributed by atoms with E-state index >= 15 is 0 Å². The summed E-state index contributed by atoms with van der Waals surface area (Å²) < 4.78 is 5.95. The van der Waals surface area contributed by atoms with Crippen LogP contribution in [0.5, 0.6) is 0 Å². The Morgan fingerprint density at radius 1 is 1.46 bits per heavy atom. The number of carbonyl (C=O) groups excluding carboxylic acids is 3. The van der Waals surface area contributed by atoms with E-state index in [9.17, 15) is 24.3 Å². The number of cyclic esters (lactones) is 1. The fourth-order valence-corrected chi connectivity index (χ4v) is 2.39. The molecule has 1 unspecified atom stereocenters. The van der Waals surface area contributed by atoms with Crippen LogP contribution in [0.2, 0.25) is 0 Å². The van der Waals surface area contributed by atoms with Crippen LogP contribution in [0.25, 0.3) is 0 Å². The summed E-state index contributed by atoms with van der Waals surface area (Å²) in [6, 6.07) is -1.11. The highest BCUT2D eigenvalue weighted by Crippen LogP contribution is 2.33. The van der Waals surface area contributed by atoms with Gasteiger partial charge in [0.25, 0.3) is 5.91 Å². The lowest BCUT2D eigenvalue weighted by atomic mass is 10.1. The zero-order chi connectivity index (χ0) is 17.3. The van der Waals surface area contributed by atoms with Gasteiger partial charge in [0.15, 0.2) is 0 Å².